The van der Waals surface area contributed by atoms with E-state index in [0.29, 0.717) is 16.5 Å². The Morgan fingerprint density at radius 2 is 2.00 bits per heavy atom. The molecule has 1 amide bonds. The molecule has 0 bridgehead atoms. The molecule has 0 fully saturated rings. The van der Waals surface area contributed by atoms with Gasteiger partial charge in [0.2, 0.25) is 0 Å². The molecule has 0 heterocycles. The molecular formula is C15H13Cl2NO3. The van der Waals surface area contributed by atoms with E-state index < -0.39 is 6.10 Å². The first-order valence-corrected chi connectivity index (χ1v) is 6.93. The molecule has 0 saturated carbocycles. The van der Waals surface area contributed by atoms with E-state index >= 15 is 0 Å². The average Bonchev–Trinajstić information content (AvgIpc) is 2.41. The highest BCUT2D eigenvalue weighted by Crippen LogP contribution is 2.26. The van der Waals surface area contributed by atoms with Crippen LogP contribution in [0, 0.1) is 0 Å². The van der Waals surface area contributed by atoms with E-state index in [-0.39, 0.29) is 16.7 Å². The van der Waals surface area contributed by atoms with Crippen LogP contribution in [-0.2, 0) is 4.79 Å². The number of carbonyl (C=O) groups excluding carboxylic acids is 1. The van der Waals surface area contributed by atoms with Gasteiger partial charge < -0.3 is 15.2 Å². The number of hydrogen-bond donors (Lipinski definition) is 2. The van der Waals surface area contributed by atoms with E-state index in [9.17, 15) is 9.90 Å². The first kappa shape index (κ1) is 15.5. The van der Waals surface area contributed by atoms with E-state index in [4.69, 9.17) is 27.9 Å². The zero-order valence-electron chi connectivity index (χ0n) is 11.1. The molecule has 0 spiro atoms. The van der Waals surface area contributed by atoms with Crippen molar-refractivity contribution in [1.82, 2.24) is 0 Å². The maximum atomic E-state index is 12.0. The molecule has 0 aliphatic heterocycles. The molecule has 110 valence electrons. The van der Waals surface area contributed by atoms with Crippen LogP contribution in [0.1, 0.15) is 6.92 Å². The zero-order valence-corrected chi connectivity index (χ0v) is 12.7. The minimum atomic E-state index is -0.728. The second kappa shape index (κ2) is 6.70. The largest absolute Gasteiger partial charge is 0.508 e. The lowest BCUT2D eigenvalue weighted by molar-refractivity contribution is -0.122. The zero-order chi connectivity index (χ0) is 15.4. The second-order valence-electron chi connectivity index (χ2n) is 4.37. The number of phenols is 1. The molecule has 6 heteroatoms. The number of anilines is 1. The Morgan fingerprint density at radius 1 is 1.24 bits per heavy atom. The van der Waals surface area contributed by atoms with Gasteiger partial charge in [0.25, 0.3) is 5.91 Å². The average molecular weight is 326 g/mol. The van der Waals surface area contributed by atoms with Crippen molar-refractivity contribution in [2.75, 3.05) is 5.32 Å². The highest BCUT2D eigenvalue weighted by molar-refractivity contribution is 6.33. The fraction of sp³-hybridized carbons (Fsp3) is 0.133. The molecular weight excluding hydrogens is 313 g/mol. The molecule has 0 radical (unpaired) electrons. The Kier molecular flexibility index (Phi) is 4.94. The number of halogens is 2. The predicted octanol–water partition coefficient (Wildman–Crippen LogP) is 4.11. The van der Waals surface area contributed by atoms with Gasteiger partial charge in [-0.25, -0.2) is 0 Å². The van der Waals surface area contributed by atoms with Crippen molar-refractivity contribution in [1.29, 1.82) is 0 Å². The topological polar surface area (TPSA) is 58.6 Å². The van der Waals surface area contributed by atoms with E-state index in [0.717, 1.165) is 0 Å². The molecule has 0 aliphatic carbocycles. The summed E-state index contributed by atoms with van der Waals surface area (Å²) in [7, 11) is 0. The Balaban J connectivity index is 2.02. The van der Waals surface area contributed by atoms with Crippen LogP contribution in [-0.4, -0.2) is 17.1 Å². The van der Waals surface area contributed by atoms with Crippen LogP contribution < -0.4 is 10.1 Å². The van der Waals surface area contributed by atoms with E-state index in [2.05, 4.69) is 5.32 Å². The van der Waals surface area contributed by atoms with Gasteiger partial charge >= 0.3 is 0 Å². The third-order valence-electron chi connectivity index (χ3n) is 2.69. The van der Waals surface area contributed by atoms with Gasteiger partial charge in [-0.15, -0.1) is 0 Å². The third-order valence-corrected chi connectivity index (χ3v) is 3.24. The van der Waals surface area contributed by atoms with Crippen LogP contribution in [0.5, 0.6) is 11.5 Å². The van der Waals surface area contributed by atoms with Crippen molar-refractivity contribution in [3.8, 4) is 11.5 Å². The van der Waals surface area contributed by atoms with Crippen molar-refractivity contribution < 1.29 is 14.6 Å². The summed E-state index contributed by atoms with van der Waals surface area (Å²) >= 11 is 11.8. The summed E-state index contributed by atoms with van der Waals surface area (Å²) in [5.41, 5.74) is 0.404. The van der Waals surface area contributed by atoms with Crippen molar-refractivity contribution >= 4 is 34.8 Å². The minimum absolute atomic E-state index is 0.0289. The molecule has 21 heavy (non-hydrogen) atoms. The van der Waals surface area contributed by atoms with Crippen LogP contribution >= 0.6 is 23.2 Å². The predicted molar refractivity (Wildman–Crippen MR) is 83.3 cm³/mol. The number of nitrogens with one attached hydrogen (secondary N) is 1. The Labute approximate surface area is 132 Å². The summed E-state index contributed by atoms with van der Waals surface area (Å²) < 4.78 is 5.50. The van der Waals surface area contributed by atoms with Gasteiger partial charge in [0.15, 0.2) is 6.10 Å². The van der Waals surface area contributed by atoms with Gasteiger partial charge in [-0.3, -0.25) is 4.79 Å². The summed E-state index contributed by atoms with van der Waals surface area (Å²) in [6.07, 6.45) is -0.728. The first-order chi connectivity index (χ1) is 9.95. The number of rotatable bonds is 4. The standard InChI is InChI=1S/C15H13Cl2NO3/c1-9(21-12-4-2-3-10(16)7-12)15(20)18-14-6-5-11(19)8-13(14)17/h2-9,19H,1H3,(H,18,20). The Morgan fingerprint density at radius 3 is 2.67 bits per heavy atom. The molecule has 2 rings (SSSR count). The molecule has 1 unspecified atom stereocenters. The number of benzene rings is 2. The highest BCUT2D eigenvalue weighted by atomic mass is 35.5. The summed E-state index contributed by atoms with van der Waals surface area (Å²) in [6, 6.07) is 11.1. The van der Waals surface area contributed by atoms with Crippen LogP contribution in [0.3, 0.4) is 0 Å². The lowest BCUT2D eigenvalue weighted by Crippen LogP contribution is -2.30. The van der Waals surface area contributed by atoms with E-state index in [1.165, 1.54) is 18.2 Å². The lowest BCUT2D eigenvalue weighted by Gasteiger charge is -2.15. The van der Waals surface area contributed by atoms with Crippen molar-refractivity contribution in [2.45, 2.75) is 13.0 Å². The number of hydrogen-bond acceptors (Lipinski definition) is 3. The second-order valence-corrected chi connectivity index (χ2v) is 5.21. The van der Waals surface area contributed by atoms with Gasteiger partial charge in [-0.2, -0.15) is 0 Å². The van der Waals surface area contributed by atoms with Gasteiger partial charge in [-0.05, 0) is 37.3 Å². The monoisotopic (exact) mass is 325 g/mol. The summed E-state index contributed by atoms with van der Waals surface area (Å²) in [5, 5.41) is 12.7. The van der Waals surface area contributed by atoms with Gasteiger partial charge in [-0.1, -0.05) is 29.3 Å². The van der Waals surface area contributed by atoms with Crippen LogP contribution in [0.2, 0.25) is 10.0 Å². The Bertz CT molecular complexity index is 661. The molecule has 2 N–H and O–H groups in total. The molecule has 1 atom stereocenters. The van der Waals surface area contributed by atoms with Crippen molar-refractivity contribution in [3.63, 3.8) is 0 Å². The smallest absolute Gasteiger partial charge is 0.265 e. The molecule has 2 aromatic carbocycles. The number of carbonyl (C=O) groups is 1. The van der Waals surface area contributed by atoms with Gasteiger partial charge in [0.1, 0.15) is 11.5 Å². The quantitative estimate of drug-likeness (QED) is 0.832. The van der Waals surface area contributed by atoms with Crippen molar-refractivity contribution in [3.05, 3.63) is 52.5 Å². The summed E-state index contributed by atoms with van der Waals surface area (Å²) in [6.45, 7) is 1.62. The molecule has 0 saturated heterocycles. The molecule has 4 nitrogen and oxygen atoms in total. The summed E-state index contributed by atoms with van der Waals surface area (Å²) in [5.74, 6) is 0.172. The maximum Gasteiger partial charge on any atom is 0.265 e. The number of ether oxygens (including phenoxy) is 1. The number of aromatic hydroxyl groups is 1. The van der Waals surface area contributed by atoms with Crippen LogP contribution in [0.15, 0.2) is 42.5 Å². The van der Waals surface area contributed by atoms with Gasteiger partial charge in [0, 0.05) is 11.1 Å². The third kappa shape index (κ3) is 4.28. The van der Waals surface area contributed by atoms with Crippen LogP contribution in [0.4, 0.5) is 5.69 Å². The molecule has 0 aromatic heterocycles. The van der Waals surface area contributed by atoms with Crippen molar-refractivity contribution in [2.24, 2.45) is 0 Å². The molecule has 0 aliphatic rings. The number of amides is 1. The fourth-order valence-corrected chi connectivity index (χ4v) is 2.04. The summed E-state index contributed by atoms with van der Waals surface area (Å²) in [4.78, 5) is 12.0. The maximum absolute atomic E-state index is 12.0. The SMILES string of the molecule is CC(Oc1cccc(Cl)c1)C(=O)Nc1ccc(O)cc1Cl. The highest BCUT2D eigenvalue weighted by Gasteiger charge is 2.16. The number of phenolic OH excluding ortho intramolecular Hbond substituents is 1. The minimum Gasteiger partial charge on any atom is -0.508 e. The normalized spacial score (nSPS) is 11.8. The Hall–Kier alpha value is -1.91. The fourth-order valence-electron chi connectivity index (χ4n) is 1.64. The first-order valence-electron chi connectivity index (χ1n) is 6.17. The lowest BCUT2D eigenvalue weighted by atomic mass is 10.2. The molecule has 2 aromatic rings. The van der Waals surface area contributed by atoms with Gasteiger partial charge in [0.05, 0.1) is 10.7 Å². The van der Waals surface area contributed by atoms with Crippen LogP contribution in [0.25, 0.3) is 0 Å². The van der Waals surface area contributed by atoms with E-state index in [1.54, 1.807) is 31.2 Å². The van der Waals surface area contributed by atoms with E-state index in [1.807, 2.05) is 0 Å².